The van der Waals surface area contributed by atoms with E-state index in [0.717, 1.165) is 11.5 Å². The van der Waals surface area contributed by atoms with Crippen molar-refractivity contribution in [1.29, 1.82) is 0 Å². The van der Waals surface area contributed by atoms with Gasteiger partial charge in [0, 0.05) is 6.20 Å². The Kier molecular flexibility index (Phi) is 2.01. The lowest BCUT2D eigenvalue weighted by molar-refractivity contribution is 0.527. The Morgan fingerprint density at radius 1 is 1.45 bits per heavy atom. The molecule has 11 heavy (non-hydrogen) atoms. The van der Waals surface area contributed by atoms with Gasteiger partial charge in [-0.1, -0.05) is 0 Å². The van der Waals surface area contributed by atoms with E-state index in [1.165, 1.54) is 0 Å². The highest BCUT2D eigenvalue weighted by atomic mass is 32.1. The maximum Gasteiger partial charge on any atom is 0.106 e. The molecule has 0 N–H and O–H groups in total. The highest BCUT2D eigenvalue weighted by Gasteiger charge is 2.16. The first-order valence-electron chi connectivity index (χ1n) is 3.66. The third kappa shape index (κ3) is 1.77. The molecule has 0 bridgehead atoms. The number of hydrogen-bond donors (Lipinski definition) is 1. The monoisotopic (exact) mass is 170 g/mol. The SMILES string of the molecule is Cc1cn(C(C)(C)S)c(C)n1. The Hall–Kier alpha value is -0.440. The van der Waals surface area contributed by atoms with Gasteiger partial charge in [-0.3, -0.25) is 0 Å². The van der Waals surface area contributed by atoms with Crippen LogP contribution in [0.1, 0.15) is 25.4 Å². The van der Waals surface area contributed by atoms with Gasteiger partial charge in [-0.25, -0.2) is 4.98 Å². The zero-order valence-corrected chi connectivity index (χ0v) is 8.31. The Balaban J connectivity index is 3.13. The summed E-state index contributed by atoms with van der Waals surface area (Å²) in [6, 6.07) is 0. The van der Waals surface area contributed by atoms with Crippen molar-refractivity contribution in [2.75, 3.05) is 0 Å². The quantitative estimate of drug-likeness (QED) is 0.639. The van der Waals surface area contributed by atoms with Gasteiger partial charge < -0.3 is 4.57 Å². The molecule has 0 saturated carbocycles. The van der Waals surface area contributed by atoms with Crippen LogP contribution in [0.4, 0.5) is 0 Å². The van der Waals surface area contributed by atoms with E-state index in [4.69, 9.17) is 0 Å². The molecule has 3 heteroatoms. The van der Waals surface area contributed by atoms with Gasteiger partial charge in [-0.15, -0.1) is 0 Å². The summed E-state index contributed by atoms with van der Waals surface area (Å²) in [4.78, 5) is 4.14. The first kappa shape index (κ1) is 8.65. The van der Waals surface area contributed by atoms with Crippen LogP contribution < -0.4 is 0 Å². The molecular weight excluding hydrogens is 156 g/mol. The van der Waals surface area contributed by atoms with Crippen LogP contribution in [0.25, 0.3) is 0 Å². The molecule has 0 amide bonds. The summed E-state index contributed by atoms with van der Waals surface area (Å²) >= 11 is 4.45. The summed E-state index contributed by atoms with van der Waals surface area (Å²) in [5.74, 6) is 1.02. The average molecular weight is 170 g/mol. The van der Waals surface area contributed by atoms with Crippen molar-refractivity contribution in [2.45, 2.75) is 32.6 Å². The van der Waals surface area contributed by atoms with E-state index in [2.05, 4.69) is 22.2 Å². The molecule has 0 aromatic carbocycles. The molecule has 62 valence electrons. The van der Waals surface area contributed by atoms with Crippen molar-refractivity contribution in [1.82, 2.24) is 9.55 Å². The van der Waals surface area contributed by atoms with E-state index in [1.807, 2.05) is 33.9 Å². The second kappa shape index (κ2) is 2.55. The van der Waals surface area contributed by atoms with Gasteiger partial charge in [0.1, 0.15) is 5.82 Å². The minimum Gasteiger partial charge on any atom is -0.321 e. The van der Waals surface area contributed by atoms with E-state index in [1.54, 1.807) is 0 Å². The van der Waals surface area contributed by atoms with Crippen molar-refractivity contribution in [2.24, 2.45) is 0 Å². The van der Waals surface area contributed by atoms with E-state index in [9.17, 15) is 0 Å². The van der Waals surface area contributed by atoms with Crippen LogP contribution >= 0.6 is 12.6 Å². The van der Waals surface area contributed by atoms with Crippen molar-refractivity contribution in [3.05, 3.63) is 17.7 Å². The van der Waals surface area contributed by atoms with Gasteiger partial charge in [0.05, 0.1) is 10.6 Å². The zero-order valence-electron chi connectivity index (χ0n) is 7.42. The summed E-state index contributed by atoms with van der Waals surface area (Å²) < 4.78 is 2.06. The molecule has 0 unspecified atom stereocenters. The Bertz CT molecular complexity index is 258. The lowest BCUT2D eigenvalue weighted by atomic mass is 10.3. The second-order valence-corrected chi connectivity index (χ2v) is 4.39. The Morgan fingerprint density at radius 3 is 2.18 bits per heavy atom. The molecule has 0 fully saturated rings. The maximum absolute atomic E-state index is 4.45. The van der Waals surface area contributed by atoms with Crippen LogP contribution in [0.3, 0.4) is 0 Å². The number of thiol groups is 1. The molecule has 1 heterocycles. The third-order valence-corrected chi connectivity index (χ3v) is 1.81. The molecule has 0 spiro atoms. The van der Waals surface area contributed by atoms with Gasteiger partial charge in [-0.05, 0) is 27.7 Å². The molecule has 0 aliphatic rings. The van der Waals surface area contributed by atoms with Crippen LogP contribution in [0, 0.1) is 13.8 Å². The number of nitrogens with zero attached hydrogens (tertiary/aromatic N) is 2. The predicted molar refractivity (Wildman–Crippen MR) is 50.0 cm³/mol. The largest absolute Gasteiger partial charge is 0.321 e. The van der Waals surface area contributed by atoms with Crippen LogP contribution in [0.5, 0.6) is 0 Å². The van der Waals surface area contributed by atoms with Gasteiger partial charge in [0.2, 0.25) is 0 Å². The van der Waals surface area contributed by atoms with E-state index in [0.29, 0.717) is 0 Å². The van der Waals surface area contributed by atoms with Crippen LogP contribution in [-0.4, -0.2) is 9.55 Å². The topological polar surface area (TPSA) is 17.8 Å². The second-order valence-electron chi connectivity index (χ2n) is 3.29. The summed E-state index contributed by atoms with van der Waals surface area (Å²) in [6.45, 7) is 8.07. The van der Waals surface area contributed by atoms with E-state index >= 15 is 0 Å². The van der Waals surface area contributed by atoms with Crippen molar-refractivity contribution < 1.29 is 0 Å². The fraction of sp³-hybridized carbons (Fsp3) is 0.625. The highest BCUT2D eigenvalue weighted by molar-refractivity contribution is 7.81. The Morgan fingerprint density at radius 2 is 2.00 bits per heavy atom. The molecule has 0 atom stereocenters. The number of aromatic nitrogens is 2. The fourth-order valence-corrected chi connectivity index (χ4v) is 1.37. The minimum atomic E-state index is -0.147. The molecule has 0 radical (unpaired) electrons. The number of aryl methyl sites for hydroxylation is 2. The summed E-state index contributed by atoms with van der Waals surface area (Å²) in [5, 5.41) is 0. The fourth-order valence-electron chi connectivity index (χ4n) is 1.17. The molecular formula is C8H14N2S. The lowest BCUT2D eigenvalue weighted by Crippen LogP contribution is -2.19. The molecule has 0 saturated heterocycles. The van der Waals surface area contributed by atoms with Crippen molar-refractivity contribution in [3.63, 3.8) is 0 Å². The number of hydrogen-bond acceptors (Lipinski definition) is 2. The van der Waals surface area contributed by atoms with E-state index < -0.39 is 0 Å². The van der Waals surface area contributed by atoms with Crippen LogP contribution in [-0.2, 0) is 4.87 Å². The molecule has 1 rings (SSSR count). The normalized spacial score (nSPS) is 12.1. The summed E-state index contributed by atoms with van der Waals surface area (Å²) in [7, 11) is 0. The standard InChI is InChI=1S/C8H14N2S/c1-6-5-10(7(2)9-6)8(3,4)11/h5,11H,1-4H3. The molecule has 2 nitrogen and oxygen atoms in total. The zero-order chi connectivity index (χ0) is 8.65. The average Bonchev–Trinajstić information content (AvgIpc) is 2.08. The minimum absolute atomic E-state index is 0.147. The van der Waals surface area contributed by atoms with Crippen LogP contribution in [0.15, 0.2) is 6.20 Å². The van der Waals surface area contributed by atoms with Gasteiger partial charge >= 0.3 is 0 Å². The molecule has 1 aromatic heterocycles. The molecule has 0 aliphatic heterocycles. The highest BCUT2D eigenvalue weighted by Crippen LogP contribution is 2.21. The summed E-state index contributed by atoms with van der Waals surface area (Å²) in [6.07, 6.45) is 2.02. The first-order chi connectivity index (χ1) is 4.91. The Labute approximate surface area is 73.0 Å². The lowest BCUT2D eigenvalue weighted by Gasteiger charge is -2.20. The van der Waals surface area contributed by atoms with E-state index in [-0.39, 0.29) is 4.87 Å². The first-order valence-corrected chi connectivity index (χ1v) is 4.11. The molecule has 0 aliphatic carbocycles. The van der Waals surface area contributed by atoms with Gasteiger partial charge in [0.25, 0.3) is 0 Å². The van der Waals surface area contributed by atoms with Crippen molar-refractivity contribution in [3.8, 4) is 0 Å². The van der Waals surface area contributed by atoms with Crippen molar-refractivity contribution >= 4 is 12.6 Å². The summed E-state index contributed by atoms with van der Waals surface area (Å²) in [5.41, 5.74) is 1.05. The van der Waals surface area contributed by atoms with Gasteiger partial charge in [-0.2, -0.15) is 12.6 Å². The smallest absolute Gasteiger partial charge is 0.106 e. The maximum atomic E-state index is 4.45. The number of imidazole rings is 1. The molecule has 1 aromatic rings. The third-order valence-electron chi connectivity index (χ3n) is 1.59. The van der Waals surface area contributed by atoms with Gasteiger partial charge in [0.15, 0.2) is 0 Å². The number of rotatable bonds is 1. The van der Waals surface area contributed by atoms with Crippen LogP contribution in [0.2, 0.25) is 0 Å². The predicted octanol–water partition coefficient (Wildman–Crippen LogP) is 2.12.